The zero-order chi connectivity index (χ0) is 16.1. The van der Waals surface area contributed by atoms with Crippen LogP contribution in [0.1, 0.15) is 0 Å². The summed E-state index contributed by atoms with van der Waals surface area (Å²) in [4.78, 5) is 17.3. The van der Waals surface area contributed by atoms with E-state index in [1.807, 2.05) is 18.2 Å². The first-order valence-electron chi connectivity index (χ1n) is 6.71. The Balaban J connectivity index is 1.75. The van der Waals surface area contributed by atoms with Crippen molar-refractivity contribution in [2.45, 2.75) is 9.79 Å². The van der Waals surface area contributed by atoms with Gasteiger partial charge in [0, 0.05) is 21.4 Å². The highest BCUT2D eigenvalue weighted by Gasteiger charge is 2.10. The molecule has 0 spiro atoms. The topological polar surface area (TPSA) is 54.0 Å². The molecule has 0 radical (unpaired) electrons. The van der Waals surface area contributed by atoms with Crippen molar-refractivity contribution in [3.8, 4) is 0 Å². The number of carbonyl (C=O) groups is 1. The molecule has 3 rings (SSSR count). The van der Waals surface area contributed by atoms with Gasteiger partial charge in [-0.1, -0.05) is 36.0 Å². The molecule has 0 saturated heterocycles. The number of carbonyl (C=O) groups excluding carboxylic acids is 1. The van der Waals surface area contributed by atoms with E-state index < -0.39 is 0 Å². The van der Waals surface area contributed by atoms with E-state index in [2.05, 4.69) is 15.6 Å². The number of hydrogen-bond acceptors (Lipinski definition) is 4. The molecule has 0 atom stereocenters. The Hall–Kier alpha value is -2.38. The molecule has 4 nitrogen and oxygen atoms in total. The minimum atomic E-state index is -0.387. The van der Waals surface area contributed by atoms with E-state index >= 15 is 0 Å². The van der Waals surface area contributed by atoms with Gasteiger partial charge in [-0.05, 0) is 24.3 Å². The lowest BCUT2D eigenvalue weighted by molar-refractivity contribution is 0.262. The number of para-hydroxylation sites is 1. The van der Waals surface area contributed by atoms with Gasteiger partial charge in [0.25, 0.3) is 0 Å². The average molecular weight is 345 g/mol. The van der Waals surface area contributed by atoms with E-state index in [9.17, 15) is 9.18 Å². The van der Waals surface area contributed by atoms with Crippen LogP contribution in [0.5, 0.6) is 0 Å². The minimum absolute atomic E-state index is 0.292. The van der Waals surface area contributed by atoms with Gasteiger partial charge in [-0.3, -0.25) is 5.32 Å². The summed E-state index contributed by atoms with van der Waals surface area (Å²) in [6.07, 6.45) is 1.61. The van der Waals surface area contributed by atoms with Crippen LogP contribution < -0.4 is 10.6 Å². The van der Waals surface area contributed by atoms with Gasteiger partial charge in [-0.2, -0.15) is 0 Å². The third-order valence-electron chi connectivity index (χ3n) is 2.84. The Morgan fingerprint density at radius 1 is 1.04 bits per heavy atom. The number of thiazole rings is 1. The van der Waals surface area contributed by atoms with E-state index in [1.165, 1.54) is 29.2 Å². The lowest BCUT2D eigenvalue weighted by Gasteiger charge is -2.11. The number of rotatable bonds is 4. The molecule has 0 saturated carbocycles. The van der Waals surface area contributed by atoms with Gasteiger partial charge in [-0.15, -0.1) is 11.3 Å². The molecule has 0 aliphatic heterocycles. The Labute approximate surface area is 140 Å². The predicted octanol–water partition coefficient (Wildman–Crippen LogP) is 5.08. The highest BCUT2D eigenvalue weighted by Crippen LogP contribution is 2.34. The molecule has 23 heavy (non-hydrogen) atoms. The van der Waals surface area contributed by atoms with Gasteiger partial charge in [0.05, 0.1) is 5.69 Å². The summed E-state index contributed by atoms with van der Waals surface area (Å²) in [6, 6.07) is 13.4. The SMILES string of the molecule is O=C(Nc1nccs1)Nc1ccccc1Sc1ccccc1F. The lowest BCUT2D eigenvalue weighted by Crippen LogP contribution is -2.19. The molecule has 0 aliphatic rings. The van der Waals surface area contributed by atoms with Crippen molar-refractivity contribution in [3.05, 3.63) is 65.9 Å². The number of urea groups is 1. The van der Waals surface area contributed by atoms with E-state index in [0.29, 0.717) is 15.7 Å². The summed E-state index contributed by atoms with van der Waals surface area (Å²) in [6.45, 7) is 0. The number of nitrogens with one attached hydrogen (secondary N) is 2. The first-order chi connectivity index (χ1) is 11.2. The number of benzene rings is 2. The van der Waals surface area contributed by atoms with Crippen LogP contribution in [0.15, 0.2) is 69.9 Å². The molecule has 3 aromatic rings. The van der Waals surface area contributed by atoms with E-state index in [0.717, 1.165) is 4.90 Å². The number of aromatic nitrogens is 1. The molecule has 1 aromatic heterocycles. The number of halogens is 1. The molecule has 0 unspecified atom stereocenters. The van der Waals surface area contributed by atoms with Gasteiger partial charge < -0.3 is 5.32 Å². The van der Waals surface area contributed by atoms with Crippen molar-refractivity contribution in [1.82, 2.24) is 4.98 Å². The Kier molecular flexibility index (Phi) is 4.89. The maximum Gasteiger partial charge on any atom is 0.325 e. The molecule has 116 valence electrons. The summed E-state index contributed by atoms with van der Waals surface area (Å²) < 4.78 is 13.8. The van der Waals surface area contributed by atoms with Gasteiger partial charge in [0.15, 0.2) is 5.13 Å². The Morgan fingerprint density at radius 2 is 1.78 bits per heavy atom. The van der Waals surface area contributed by atoms with Crippen LogP contribution in [0.3, 0.4) is 0 Å². The number of anilines is 2. The molecular formula is C16H12FN3OS2. The monoisotopic (exact) mass is 345 g/mol. The summed E-state index contributed by atoms with van der Waals surface area (Å²) in [5, 5.41) is 7.70. The average Bonchev–Trinajstić information content (AvgIpc) is 3.04. The molecule has 2 amide bonds. The highest BCUT2D eigenvalue weighted by molar-refractivity contribution is 7.99. The second-order valence-electron chi connectivity index (χ2n) is 4.45. The molecule has 0 aliphatic carbocycles. The van der Waals surface area contributed by atoms with Gasteiger partial charge in [0.2, 0.25) is 0 Å². The van der Waals surface area contributed by atoms with Crippen LogP contribution in [0, 0.1) is 5.82 Å². The molecular weight excluding hydrogens is 333 g/mol. The lowest BCUT2D eigenvalue weighted by atomic mass is 10.3. The second-order valence-corrected chi connectivity index (χ2v) is 6.42. The van der Waals surface area contributed by atoms with Crippen LogP contribution >= 0.6 is 23.1 Å². The molecule has 0 bridgehead atoms. The van der Waals surface area contributed by atoms with E-state index in [4.69, 9.17) is 0 Å². The van der Waals surface area contributed by atoms with Crippen molar-refractivity contribution in [1.29, 1.82) is 0 Å². The van der Waals surface area contributed by atoms with E-state index in [1.54, 1.807) is 35.8 Å². The number of nitrogens with zero attached hydrogens (tertiary/aromatic N) is 1. The van der Waals surface area contributed by atoms with E-state index in [-0.39, 0.29) is 11.8 Å². The predicted molar refractivity (Wildman–Crippen MR) is 91.7 cm³/mol. The first kappa shape index (κ1) is 15.5. The fourth-order valence-corrected chi connectivity index (χ4v) is 3.29. The third-order valence-corrected chi connectivity index (χ3v) is 4.66. The van der Waals surface area contributed by atoms with Gasteiger partial charge in [-0.25, -0.2) is 14.2 Å². The normalized spacial score (nSPS) is 10.3. The number of hydrogen-bond donors (Lipinski definition) is 2. The maximum atomic E-state index is 13.8. The highest BCUT2D eigenvalue weighted by atomic mass is 32.2. The quantitative estimate of drug-likeness (QED) is 0.693. The molecule has 2 N–H and O–H groups in total. The standard InChI is InChI=1S/C16H12FN3OS2/c17-11-5-1-3-7-13(11)23-14-8-4-2-6-12(14)19-15(21)20-16-18-9-10-22-16/h1-10H,(H2,18,19,20,21). The van der Waals surface area contributed by atoms with Crippen molar-refractivity contribution in [2.24, 2.45) is 0 Å². The molecule has 0 fully saturated rings. The van der Waals surface area contributed by atoms with Crippen molar-refractivity contribution >= 4 is 39.9 Å². The Bertz CT molecular complexity index is 809. The van der Waals surface area contributed by atoms with Crippen LogP contribution in [-0.2, 0) is 0 Å². The zero-order valence-electron chi connectivity index (χ0n) is 11.8. The smallest absolute Gasteiger partial charge is 0.307 e. The third kappa shape index (κ3) is 4.08. The fourth-order valence-electron chi connectivity index (χ4n) is 1.84. The van der Waals surface area contributed by atoms with Crippen LogP contribution in [0.2, 0.25) is 0 Å². The van der Waals surface area contributed by atoms with Crippen LogP contribution in [0.4, 0.5) is 20.0 Å². The van der Waals surface area contributed by atoms with Gasteiger partial charge in [0.1, 0.15) is 5.82 Å². The van der Waals surface area contributed by atoms with Crippen LogP contribution in [0.25, 0.3) is 0 Å². The number of amides is 2. The second kappa shape index (κ2) is 7.26. The minimum Gasteiger partial charge on any atom is -0.307 e. The van der Waals surface area contributed by atoms with Crippen molar-refractivity contribution < 1.29 is 9.18 Å². The summed E-state index contributed by atoms with van der Waals surface area (Å²) >= 11 is 2.59. The zero-order valence-corrected chi connectivity index (χ0v) is 13.5. The largest absolute Gasteiger partial charge is 0.325 e. The summed E-state index contributed by atoms with van der Waals surface area (Å²) in [5.74, 6) is -0.292. The molecule has 7 heteroatoms. The molecule has 1 heterocycles. The first-order valence-corrected chi connectivity index (χ1v) is 8.41. The van der Waals surface area contributed by atoms with Crippen molar-refractivity contribution in [2.75, 3.05) is 10.6 Å². The van der Waals surface area contributed by atoms with Crippen LogP contribution in [-0.4, -0.2) is 11.0 Å². The maximum absolute atomic E-state index is 13.8. The Morgan fingerprint density at radius 3 is 2.52 bits per heavy atom. The van der Waals surface area contributed by atoms with Crippen molar-refractivity contribution in [3.63, 3.8) is 0 Å². The molecule has 2 aromatic carbocycles. The summed E-state index contributed by atoms with van der Waals surface area (Å²) in [7, 11) is 0. The van der Waals surface area contributed by atoms with Gasteiger partial charge >= 0.3 is 6.03 Å². The summed E-state index contributed by atoms with van der Waals surface area (Å²) in [5.41, 5.74) is 0.606. The fraction of sp³-hybridized carbons (Fsp3) is 0.